The molecule has 0 heterocycles. The first kappa shape index (κ1) is 16.1. The van der Waals surface area contributed by atoms with Gasteiger partial charge in [0, 0.05) is 6.42 Å². The van der Waals surface area contributed by atoms with Gasteiger partial charge >= 0.3 is 5.97 Å². The van der Waals surface area contributed by atoms with Gasteiger partial charge in [0.05, 0.1) is 7.11 Å². The normalized spacial score (nSPS) is 10.3. The Hall–Kier alpha value is -2.29. The third kappa shape index (κ3) is 4.35. The molecule has 0 saturated carbocycles. The highest BCUT2D eigenvalue weighted by Gasteiger charge is 2.10. The molecule has 2 rings (SSSR count). The van der Waals surface area contributed by atoms with Gasteiger partial charge in [-0.3, -0.25) is 4.79 Å². The number of benzene rings is 2. The van der Waals surface area contributed by atoms with Gasteiger partial charge < -0.3 is 9.47 Å². The lowest BCUT2D eigenvalue weighted by molar-refractivity contribution is -0.134. The fourth-order valence-electron chi connectivity index (χ4n) is 2.22. The summed E-state index contributed by atoms with van der Waals surface area (Å²) in [7, 11) is 1.57. The van der Waals surface area contributed by atoms with Gasteiger partial charge in [-0.15, -0.1) is 0 Å². The molecule has 22 heavy (non-hydrogen) atoms. The van der Waals surface area contributed by atoms with Gasteiger partial charge in [-0.25, -0.2) is 0 Å². The summed E-state index contributed by atoms with van der Waals surface area (Å²) in [6.45, 7) is 4.09. The molecule has 0 radical (unpaired) electrons. The summed E-state index contributed by atoms with van der Waals surface area (Å²) in [5.74, 6) is 0.807. The van der Waals surface area contributed by atoms with E-state index in [4.69, 9.17) is 9.47 Å². The lowest BCUT2D eigenvalue weighted by atomic mass is 10.1. The summed E-state index contributed by atoms with van der Waals surface area (Å²) in [5.41, 5.74) is 3.51. The fraction of sp³-hybridized carbons (Fsp3) is 0.316. The summed E-state index contributed by atoms with van der Waals surface area (Å²) in [6, 6.07) is 13.9. The number of carbonyl (C=O) groups excluding carboxylic acids is 1. The molecule has 2 aromatic rings. The van der Waals surface area contributed by atoms with Crippen LogP contribution >= 0.6 is 0 Å². The van der Waals surface area contributed by atoms with Crippen molar-refractivity contribution in [2.24, 2.45) is 0 Å². The molecule has 0 spiro atoms. The van der Waals surface area contributed by atoms with E-state index in [0.29, 0.717) is 24.3 Å². The van der Waals surface area contributed by atoms with E-state index >= 15 is 0 Å². The Kier molecular flexibility index (Phi) is 5.59. The molecule has 0 fully saturated rings. The Bertz CT molecular complexity index is 630. The SMILES string of the molecule is CCc1ccc(CCC(=O)Oc2ccc(C)cc2OC)cc1. The van der Waals surface area contributed by atoms with Crippen molar-refractivity contribution in [2.45, 2.75) is 33.1 Å². The fourth-order valence-corrected chi connectivity index (χ4v) is 2.22. The lowest BCUT2D eigenvalue weighted by Gasteiger charge is -2.10. The Morgan fingerprint density at radius 2 is 1.68 bits per heavy atom. The molecule has 0 bridgehead atoms. The molecule has 116 valence electrons. The summed E-state index contributed by atoms with van der Waals surface area (Å²) in [6.07, 6.45) is 2.05. The largest absolute Gasteiger partial charge is 0.493 e. The van der Waals surface area contributed by atoms with Crippen LogP contribution in [-0.2, 0) is 17.6 Å². The van der Waals surface area contributed by atoms with Crippen LogP contribution in [0.4, 0.5) is 0 Å². The first-order valence-electron chi connectivity index (χ1n) is 7.55. The van der Waals surface area contributed by atoms with E-state index in [1.165, 1.54) is 5.56 Å². The zero-order valence-corrected chi connectivity index (χ0v) is 13.4. The first-order chi connectivity index (χ1) is 10.6. The van der Waals surface area contributed by atoms with Crippen LogP contribution in [0.3, 0.4) is 0 Å². The molecule has 0 aliphatic rings. The third-order valence-corrected chi connectivity index (χ3v) is 3.59. The third-order valence-electron chi connectivity index (χ3n) is 3.59. The van der Waals surface area contributed by atoms with E-state index in [9.17, 15) is 4.79 Å². The summed E-state index contributed by atoms with van der Waals surface area (Å²) in [4.78, 5) is 12.0. The second-order valence-corrected chi connectivity index (χ2v) is 5.30. The summed E-state index contributed by atoms with van der Waals surface area (Å²) < 4.78 is 10.6. The summed E-state index contributed by atoms with van der Waals surface area (Å²) >= 11 is 0. The van der Waals surface area contributed by atoms with Crippen molar-refractivity contribution in [2.75, 3.05) is 7.11 Å². The van der Waals surface area contributed by atoms with E-state index in [0.717, 1.165) is 17.5 Å². The standard InChI is InChI=1S/C19H22O3/c1-4-15-6-8-16(9-7-15)10-12-19(20)22-17-11-5-14(2)13-18(17)21-3/h5-9,11,13H,4,10,12H2,1-3H3. The molecule has 0 aliphatic carbocycles. The molecule has 3 nitrogen and oxygen atoms in total. The number of carbonyl (C=O) groups is 1. The average molecular weight is 298 g/mol. The zero-order chi connectivity index (χ0) is 15.9. The van der Waals surface area contributed by atoms with Crippen molar-refractivity contribution < 1.29 is 14.3 Å². The van der Waals surface area contributed by atoms with Crippen LogP contribution < -0.4 is 9.47 Å². The van der Waals surface area contributed by atoms with Crippen molar-refractivity contribution in [3.8, 4) is 11.5 Å². The van der Waals surface area contributed by atoms with Crippen LogP contribution in [0, 0.1) is 6.92 Å². The molecule has 0 N–H and O–H groups in total. The predicted octanol–water partition coefficient (Wildman–Crippen LogP) is 4.10. The number of hydrogen-bond donors (Lipinski definition) is 0. The molecule has 0 amide bonds. The van der Waals surface area contributed by atoms with Gasteiger partial charge in [0.25, 0.3) is 0 Å². The number of methoxy groups -OCH3 is 1. The molecule has 0 atom stereocenters. The van der Waals surface area contributed by atoms with E-state index in [-0.39, 0.29) is 5.97 Å². The van der Waals surface area contributed by atoms with Crippen molar-refractivity contribution >= 4 is 5.97 Å². The van der Waals surface area contributed by atoms with Crippen molar-refractivity contribution in [1.82, 2.24) is 0 Å². The predicted molar refractivity (Wildman–Crippen MR) is 87.5 cm³/mol. The summed E-state index contributed by atoms with van der Waals surface area (Å²) in [5, 5.41) is 0. The van der Waals surface area contributed by atoms with Gasteiger partial charge in [-0.1, -0.05) is 37.3 Å². The van der Waals surface area contributed by atoms with Crippen LogP contribution in [0.1, 0.15) is 30.0 Å². The highest BCUT2D eigenvalue weighted by molar-refractivity contribution is 5.73. The van der Waals surface area contributed by atoms with Crippen molar-refractivity contribution in [3.63, 3.8) is 0 Å². The second kappa shape index (κ2) is 7.64. The molecule has 2 aromatic carbocycles. The maximum Gasteiger partial charge on any atom is 0.311 e. The molecule has 3 heteroatoms. The van der Waals surface area contributed by atoms with Crippen molar-refractivity contribution in [1.29, 1.82) is 0 Å². The van der Waals surface area contributed by atoms with Crippen LogP contribution in [-0.4, -0.2) is 13.1 Å². The quantitative estimate of drug-likeness (QED) is 0.595. The first-order valence-corrected chi connectivity index (χ1v) is 7.55. The number of aryl methyl sites for hydroxylation is 3. The van der Waals surface area contributed by atoms with Gasteiger partial charge in [-0.05, 0) is 48.6 Å². The van der Waals surface area contributed by atoms with Crippen LogP contribution in [0.25, 0.3) is 0 Å². The number of esters is 1. The Morgan fingerprint density at radius 3 is 2.32 bits per heavy atom. The molecular formula is C19H22O3. The second-order valence-electron chi connectivity index (χ2n) is 5.30. The maximum atomic E-state index is 12.0. The molecule has 0 saturated heterocycles. The number of ether oxygens (including phenoxy) is 2. The molecular weight excluding hydrogens is 276 g/mol. The van der Waals surface area contributed by atoms with E-state index < -0.39 is 0 Å². The smallest absolute Gasteiger partial charge is 0.311 e. The minimum Gasteiger partial charge on any atom is -0.493 e. The molecule has 0 aliphatic heterocycles. The molecule has 0 unspecified atom stereocenters. The monoisotopic (exact) mass is 298 g/mol. The zero-order valence-electron chi connectivity index (χ0n) is 13.4. The number of hydrogen-bond acceptors (Lipinski definition) is 3. The van der Waals surface area contributed by atoms with E-state index in [1.54, 1.807) is 13.2 Å². The Morgan fingerprint density at radius 1 is 1.00 bits per heavy atom. The van der Waals surface area contributed by atoms with Crippen molar-refractivity contribution in [3.05, 3.63) is 59.2 Å². The van der Waals surface area contributed by atoms with E-state index in [1.807, 2.05) is 19.1 Å². The highest BCUT2D eigenvalue weighted by Crippen LogP contribution is 2.28. The van der Waals surface area contributed by atoms with Gasteiger partial charge in [0.15, 0.2) is 11.5 Å². The average Bonchev–Trinajstić information content (AvgIpc) is 2.55. The topological polar surface area (TPSA) is 35.5 Å². The Labute approximate surface area is 131 Å². The Balaban J connectivity index is 1.92. The minimum absolute atomic E-state index is 0.248. The van der Waals surface area contributed by atoms with Gasteiger partial charge in [0.1, 0.15) is 0 Å². The lowest BCUT2D eigenvalue weighted by Crippen LogP contribution is -2.10. The van der Waals surface area contributed by atoms with Crippen LogP contribution in [0.15, 0.2) is 42.5 Å². The maximum absolute atomic E-state index is 12.0. The van der Waals surface area contributed by atoms with Gasteiger partial charge in [-0.2, -0.15) is 0 Å². The van der Waals surface area contributed by atoms with Crippen LogP contribution in [0.5, 0.6) is 11.5 Å². The van der Waals surface area contributed by atoms with Gasteiger partial charge in [0.2, 0.25) is 0 Å². The minimum atomic E-state index is -0.248. The molecule has 0 aromatic heterocycles. The number of rotatable bonds is 6. The van der Waals surface area contributed by atoms with E-state index in [2.05, 4.69) is 31.2 Å². The van der Waals surface area contributed by atoms with Crippen LogP contribution in [0.2, 0.25) is 0 Å². The highest BCUT2D eigenvalue weighted by atomic mass is 16.6.